The Labute approximate surface area is 102 Å². The fourth-order valence-electron chi connectivity index (χ4n) is 2.18. The van der Waals surface area contributed by atoms with Crippen LogP contribution in [-0.4, -0.2) is 5.91 Å². The van der Waals surface area contributed by atoms with Crippen LogP contribution in [0.25, 0.3) is 0 Å². The number of carbonyl (C=O) groups excluding carboxylic acids is 1. The number of halogens is 1. The number of nitrogens with one attached hydrogen (secondary N) is 1. The summed E-state index contributed by atoms with van der Waals surface area (Å²) in [5.74, 6) is -0.322. The second-order valence-corrected chi connectivity index (χ2v) is 5.03. The van der Waals surface area contributed by atoms with E-state index in [-0.39, 0.29) is 17.6 Å². The summed E-state index contributed by atoms with van der Waals surface area (Å²) in [6, 6.07) is 8.56. The average Bonchev–Trinajstić information content (AvgIpc) is 2.80. The van der Waals surface area contributed by atoms with Crippen molar-refractivity contribution < 1.29 is 9.18 Å². The van der Waals surface area contributed by atoms with Gasteiger partial charge in [-0.05, 0) is 29.1 Å². The van der Waals surface area contributed by atoms with E-state index in [0.29, 0.717) is 12.1 Å². The molecule has 4 heteroatoms. The van der Waals surface area contributed by atoms with E-state index in [0.717, 1.165) is 10.4 Å². The fraction of sp³-hybridized carbons (Fsp3) is 0.154. The van der Waals surface area contributed by atoms with E-state index in [9.17, 15) is 9.18 Å². The van der Waals surface area contributed by atoms with E-state index in [2.05, 4.69) is 5.32 Å². The van der Waals surface area contributed by atoms with Gasteiger partial charge in [-0.2, -0.15) is 0 Å². The normalized spacial score (nSPS) is 18.6. The van der Waals surface area contributed by atoms with Crippen molar-refractivity contribution in [2.45, 2.75) is 12.3 Å². The molecule has 1 atom stereocenters. The molecule has 0 saturated carbocycles. The molecule has 0 radical (unpaired) electrons. The number of carbonyl (C=O) groups is 1. The van der Waals surface area contributed by atoms with Gasteiger partial charge >= 0.3 is 0 Å². The third-order valence-corrected chi connectivity index (χ3v) is 3.93. The molecule has 86 valence electrons. The minimum Gasteiger partial charge on any atom is -0.326 e. The second-order valence-electron chi connectivity index (χ2n) is 4.05. The van der Waals surface area contributed by atoms with E-state index in [1.807, 2.05) is 17.5 Å². The van der Waals surface area contributed by atoms with E-state index in [1.54, 1.807) is 17.4 Å². The summed E-state index contributed by atoms with van der Waals surface area (Å²) in [6.07, 6.45) is 0.430. The Balaban J connectivity index is 2.11. The lowest BCUT2D eigenvalue weighted by Crippen LogP contribution is -2.23. The molecular formula is C13H10FNOS. The summed E-state index contributed by atoms with van der Waals surface area (Å²) in [4.78, 5) is 12.8. The first-order valence-electron chi connectivity index (χ1n) is 5.37. The standard InChI is InChI=1S/C13H10FNOS/c14-8-3-4-9-10(12-2-1-5-17-12)7-13(16)15-11(9)6-8/h1-6,10H,7H2,(H,15,16). The zero-order valence-electron chi connectivity index (χ0n) is 8.94. The van der Waals surface area contributed by atoms with Gasteiger partial charge in [0.05, 0.1) is 0 Å². The lowest BCUT2D eigenvalue weighted by Gasteiger charge is -2.24. The summed E-state index contributed by atoms with van der Waals surface area (Å²) < 4.78 is 13.1. The van der Waals surface area contributed by atoms with Gasteiger partial charge in [-0.1, -0.05) is 12.1 Å². The Bertz CT molecular complexity index is 565. The van der Waals surface area contributed by atoms with Gasteiger partial charge in [0.2, 0.25) is 5.91 Å². The molecule has 2 heterocycles. The third-order valence-electron chi connectivity index (χ3n) is 2.94. The molecule has 1 amide bonds. The molecule has 0 bridgehead atoms. The van der Waals surface area contributed by atoms with Crippen LogP contribution in [0.2, 0.25) is 0 Å². The van der Waals surface area contributed by atoms with Crippen molar-refractivity contribution in [3.05, 3.63) is 52.0 Å². The van der Waals surface area contributed by atoms with Crippen LogP contribution in [0.1, 0.15) is 22.8 Å². The van der Waals surface area contributed by atoms with Crippen LogP contribution in [0.15, 0.2) is 35.7 Å². The minimum absolute atomic E-state index is 0.0542. The van der Waals surface area contributed by atoms with Crippen LogP contribution in [0.5, 0.6) is 0 Å². The van der Waals surface area contributed by atoms with Crippen molar-refractivity contribution in [1.82, 2.24) is 0 Å². The number of anilines is 1. The molecule has 1 aliphatic rings. The first-order valence-corrected chi connectivity index (χ1v) is 6.25. The quantitative estimate of drug-likeness (QED) is 0.822. The van der Waals surface area contributed by atoms with E-state index in [4.69, 9.17) is 0 Å². The van der Waals surface area contributed by atoms with Crippen molar-refractivity contribution in [2.75, 3.05) is 5.32 Å². The second kappa shape index (κ2) is 3.96. The van der Waals surface area contributed by atoms with Crippen molar-refractivity contribution >= 4 is 22.9 Å². The third kappa shape index (κ3) is 1.85. The maximum atomic E-state index is 13.1. The van der Waals surface area contributed by atoms with Gasteiger partial charge in [0.1, 0.15) is 5.82 Å². The van der Waals surface area contributed by atoms with Crippen LogP contribution < -0.4 is 5.32 Å². The van der Waals surface area contributed by atoms with Crippen molar-refractivity contribution in [3.63, 3.8) is 0 Å². The van der Waals surface area contributed by atoms with Crippen molar-refractivity contribution in [2.24, 2.45) is 0 Å². The summed E-state index contributed by atoms with van der Waals surface area (Å²) in [5, 5.41) is 4.71. The van der Waals surface area contributed by atoms with E-state index < -0.39 is 0 Å². The molecule has 0 spiro atoms. The Morgan fingerprint density at radius 2 is 2.24 bits per heavy atom. The number of rotatable bonds is 1. The van der Waals surface area contributed by atoms with Crippen LogP contribution in [-0.2, 0) is 4.79 Å². The van der Waals surface area contributed by atoms with Crippen LogP contribution in [0.4, 0.5) is 10.1 Å². The van der Waals surface area contributed by atoms with Gasteiger partial charge < -0.3 is 5.32 Å². The molecule has 0 saturated heterocycles. The fourth-order valence-corrected chi connectivity index (χ4v) is 3.03. The lowest BCUT2D eigenvalue weighted by atomic mass is 9.89. The van der Waals surface area contributed by atoms with Crippen LogP contribution in [0.3, 0.4) is 0 Å². The molecule has 0 fully saturated rings. The van der Waals surface area contributed by atoms with Crippen molar-refractivity contribution in [1.29, 1.82) is 0 Å². The SMILES string of the molecule is O=C1CC(c2cccs2)c2ccc(F)cc2N1. The zero-order chi connectivity index (χ0) is 11.8. The average molecular weight is 247 g/mol. The van der Waals surface area contributed by atoms with Gasteiger partial charge in [-0.25, -0.2) is 4.39 Å². The molecule has 1 aromatic carbocycles. The maximum Gasteiger partial charge on any atom is 0.225 e. The molecule has 2 nitrogen and oxygen atoms in total. The molecule has 1 aliphatic heterocycles. The Kier molecular flexibility index (Phi) is 2.44. The molecular weight excluding hydrogens is 237 g/mol. The number of fused-ring (bicyclic) bond motifs is 1. The summed E-state index contributed by atoms with van der Waals surface area (Å²) in [5.41, 5.74) is 1.59. The maximum absolute atomic E-state index is 13.1. The number of hydrogen-bond donors (Lipinski definition) is 1. The van der Waals surface area contributed by atoms with Gasteiger partial charge in [0, 0.05) is 22.9 Å². The molecule has 17 heavy (non-hydrogen) atoms. The van der Waals surface area contributed by atoms with E-state index >= 15 is 0 Å². The van der Waals surface area contributed by atoms with Gasteiger partial charge in [-0.15, -0.1) is 11.3 Å². The first kappa shape index (κ1) is 10.5. The van der Waals surface area contributed by atoms with Gasteiger partial charge in [-0.3, -0.25) is 4.79 Å². The van der Waals surface area contributed by atoms with Crippen molar-refractivity contribution in [3.8, 4) is 0 Å². The Hall–Kier alpha value is -1.68. The highest BCUT2D eigenvalue weighted by Crippen LogP contribution is 2.38. The minimum atomic E-state index is -0.323. The predicted octanol–water partition coefficient (Wildman–Crippen LogP) is 3.36. The summed E-state index contributed by atoms with van der Waals surface area (Å²) in [7, 11) is 0. The molecule has 0 aliphatic carbocycles. The molecule has 1 aromatic heterocycles. The number of amides is 1. The summed E-state index contributed by atoms with van der Waals surface area (Å²) >= 11 is 1.63. The Morgan fingerprint density at radius 3 is 3.00 bits per heavy atom. The van der Waals surface area contributed by atoms with Gasteiger partial charge in [0.25, 0.3) is 0 Å². The Morgan fingerprint density at radius 1 is 1.35 bits per heavy atom. The largest absolute Gasteiger partial charge is 0.326 e. The topological polar surface area (TPSA) is 29.1 Å². The highest BCUT2D eigenvalue weighted by molar-refractivity contribution is 7.10. The van der Waals surface area contributed by atoms with Gasteiger partial charge in [0.15, 0.2) is 0 Å². The molecule has 3 rings (SSSR count). The van der Waals surface area contributed by atoms with E-state index in [1.165, 1.54) is 12.1 Å². The molecule has 2 aromatic rings. The number of thiophene rings is 1. The van der Waals surface area contributed by atoms with Crippen LogP contribution in [0, 0.1) is 5.82 Å². The van der Waals surface area contributed by atoms with Crippen LogP contribution >= 0.6 is 11.3 Å². The predicted molar refractivity (Wildman–Crippen MR) is 65.8 cm³/mol. The first-order chi connectivity index (χ1) is 8.24. The molecule has 1 unspecified atom stereocenters. The summed E-state index contributed by atoms with van der Waals surface area (Å²) in [6.45, 7) is 0. The number of hydrogen-bond acceptors (Lipinski definition) is 2. The smallest absolute Gasteiger partial charge is 0.225 e. The molecule has 1 N–H and O–H groups in total. The lowest BCUT2D eigenvalue weighted by molar-refractivity contribution is -0.116. The highest BCUT2D eigenvalue weighted by Gasteiger charge is 2.27. The number of benzene rings is 1. The highest BCUT2D eigenvalue weighted by atomic mass is 32.1. The zero-order valence-corrected chi connectivity index (χ0v) is 9.76. The monoisotopic (exact) mass is 247 g/mol.